The lowest BCUT2D eigenvalue weighted by Crippen LogP contribution is -2.04. The third-order valence-electron chi connectivity index (χ3n) is 1.30. The number of ether oxygens (including phenoxy) is 1. The summed E-state index contributed by atoms with van der Waals surface area (Å²) in [6.07, 6.45) is -0.108. The third-order valence-corrected chi connectivity index (χ3v) is 1.30. The van der Waals surface area contributed by atoms with Crippen molar-refractivity contribution in [2.24, 2.45) is 5.92 Å². The van der Waals surface area contributed by atoms with Gasteiger partial charge in [0, 0.05) is 13.0 Å². The first-order chi connectivity index (χ1) is 4.20. The fourth-order valence-corrected chi connectivity index (χ4v) is 0.632. The third kappa shape index (κ3) is 2.31. The Morgan fingerprint density at radius 1 is 1.67 bits per heavy atom. The molecule has 0 saturated heterocycles. The van der Waals surface area contributed by atoms with Gasteiger partial charge in [0.2, 0.25) is 0 Å². The van der Waals surface area contributed by atoms with Crippen molar-refractivity contribution in [1.82, 2.24) is 0 Å². The van der Waals surface area contributed by atoms with Crippen molar-refractivity contribution < 1.29 is 9.13 Å². The zero-order chi connectivity index (χ0) is 6.85. The van der Waals surface area contributed by atoms with Crippen LogP contribution in [0.15, 0.2) is 0 Å². The van der Waals surface area contributed by atoms with Gasteiger partial charge in [0.15, 0.2) is 0 Å². The van der Waals surface area contributed by atoms with E-state index in [1.54, 1.807) is 0 Å². The van der Waals surface area contributed by atoms with Gasteiger partial charge in [-0.15, -0.1) is 0 Å². The molecule has 1 fully saturated rings. The van der Waals surface area contributed by atoms with Crippen LogP contribution in [0.25, 0.3) is 0 Å². The highest BCUT2D eigenvalue weighted by atomic mass is 19.1. The molecule has 1 nitrogen and oxygen atoms in total. The first-order valence-corrected chi connectivity index (χ1v) is 3.46. The van der Waals surface area contributed by atoms with E-state index in [9.17, 15) is 4.39 Å². The Hall–Kier alpha value is -0.110. The Balaban J connectivity index is 1.94. The van der Waals surface area contributed by atoms with Gasteiger partial charge in [-0.1, -0.05) is 13.8 Å². The van der Waals surface area contributed by atoms with E-state index in [0.717, 1.165) is 0 Å². The van der Waals surface area contributed by atoms with Crippen LogP contribution in [0.4, 0.5) is 4.39 Å². The molecule has 1 saturated carbocycles. The molecule has 1 rings (SSSR count). The van der Waals surface area contributed by atoms with Gasteiger partial charge in [-0.2, -0.15) is 0 Å². The van der Waals surface area contributed by atoms with Crippen LogP contribution in [0.5, 0.6) is 0 Å². The smallest absolute Gasteiger partial charge is 0.129 e. The van der Waals surface area contributed by atoms with E-state index in [1.165, 1.54) is 0 Å². The monoisotopic (exact) mass is 132 g/mol. The van der Waals surface area contributed by atoms with E-state index in [0.29, 0.717) is 18.9 Å². The molecule has 2 atom stereocenters. The van der Waals surface area contributed by atoms with E-state index in [4.69, 9.17) is 4.74 Å². The van der Waals surface area contributed by atoms with Crippen LogP contribution in [0, 0.1) is 5.92 Å². The topological polar surface area (TPSA) is 9.23 Å². The van der Waals surface area contributed by atoms with Crippen LogP contribution in [0.3, 0.4) is 0 Å². The Bertz CT molecular complexity index is 92.9. The second-order valence-electron chi connectivity index (χ2n) is 3.02. The highest BCUT2D eigenvalue weighted by Gasteiger charge is 2.38. The van der Waals surface area contributed by atoms with Gasteiger partial charge in [-0.05, 0) is 5.92 Å². The highest BCUT2D eigenvalue weighted by molar-refractivity contribution is 4.87. The Morgan fingerprint density at radius 2 is 2.22 bits per heavy atom. The molecule has 0 heterocycles. The zero-order valence-corrected chi connectivity index (χ0v) is 5.93. The predicted octanol–water partition coefficient (Wildman–Crippen LogP) is 1.77. The summed E-state index contributed by atoms with van der Waals surface area (Å²) in [6, 6.07) is 0. The van der Waals surface area contributed by atoms with Crippen molar-refractivity contribution in [2.75, 3.05) is 6.61 Å². The molecule has 0 amide bonds. The summed E-state index contributed by atoms with van der Waals surface area (Å²) in [5.74, 6) is 0.526. The van der Waals surface area contributed by atoms with Crippen LogP contribution >= 0.6 is 0 Å². The first kappa shape index (κ1) is 7.00. The molecular formula is C7H13FO. The van der Waals surface area contributed by atoms with Gasteiger partial charge in [0.05, 0.1) is 6.10 Å². The predicted molar refractivity (Wildman–Crippen MR) is 34.1 cm³/mol. The molecule has 0 aromatic heterocycles. The van der Waals surface area contributed by atoms with Gasteiger partial charge >= 0.3 is 0 Å². The average molecular weight is 132 g/mol. The Kier molecular flexibility index (Phi) is 2.06. The van der Waals surface area contributed by atoms with Crippen LogP contribution in [0.2, 0.25) is 0 Å². The van der Waals surface area contributed by atoms with Crippen molar-refractivity contribution in [2.45, 2.75) is 32.5 Å². The fourth-order valence-electron chi connectivity index (χ4n) is 0.632. The van der Waals surface area contributed by atoms with Gasteiger partial charge in [-0.25, -0.2) is 4.39 Å². The molecule has 0 aromatic carbocycles. The molecule has 0 unspecified atom stereocenters. The standard InChI is InChI=1S/C7H13FO/c1-5(2)4-9-7-3-6(7)8/h5-7H,3-4H2,1-2H3/t6-,7+/m0/s1. The molecule has 54 valence electrons. The van der Waals surface area contributed by atoms with E-state index < -0.39 is 6.17 Å². The number of hydrogen-bond acceptors (Lipinski definition) is 1. The second kappa shape index (κ2) is 2.65. The molecule has 9 heavy (non-hydrogen) atoms. The van der Waals surface area contributed by atoms with Gasteiger partial charge in [0.25, 0.3) is 0 Å². The van der Waals surface area contributed by atoms with E-state index in [2.05, 4.69) is 13.8 Å². The van der Waals surface area contributed by atoms with Crippen molar-refractivity contribution in [3.63, 3.8) is 0 Å². The number of halogens is 1. The molecule has 0 spiro atoms. The summed E-state index contributed by atoms with van der Waals surface area (Å²) in [6.45, 7) is 4.83. The fraction of sp³-hybridized carbons (Fsp3) is 1.00. The maximum atomic E-state index is 12.1. The summed E-state index contributed by atoms with van der Waals surface area (Å²) in [5.41, 5.74) is 0. The average Bonchev–Trinajstić information content (AvgIpc) is 2.42. The lowest BCUT2D eigenvalue weighted by molar-refractivity contribution is 0.0811. The van der Waals surface area contributed by atoms with Crippen LogP contribution in [-0.4, -0.2) is 18.9 Å². The van der Waals surface area contributed by atoms with Crippen molar-refractivity contribution in [3.8, 4) is 0 Å². The number of hydrogen-bond donors (Lipinski definition) is 0. The minimum atomic E-state index is -0.663. The van der Waals surface area contributed by atoms with Crippen molar-refractivity contribution in [1.29, 1.82) is 0 Å². The van der Waals surface area contributed by atoms with E-state index in [-0.39, 0.29) is 6.10 Å². The SMILES string of the molecule is CC(C)CO[C@@H]1C[C@@H]1F. The Morgan fingerprint density at radius 3 is 2.56 bits per heavy atom. The van der Waals surface area contributed by atoms with Crippen LogP contribution in [0.1, 0.15) is 20.3 Å². The number of alkyl halides is 1. The van der Waals surface area contributed by atoms with Gasteiger partial charge in [-0.3, -0.25) is 0 Å². The van der Waals surface area contributed by atoms with Crippen molar-refractivity contribution in [3.05, 3.63) is 0 Å². The number of rotatable bonds is 3. The quantitative estimate of drug-likeness (QED) is 0.568. The first-order valence-electron chi connectivity index (χ1n) is 3.46. The molecule has 0 aliphatic heterocycles. The van der Waals surface area contributed by atoms with E-state index >= 15 is 0 Å². The largest absolute Gasteiger partial charge is 0.375 e. The summed E-state index contributed by atoms with van der Waals surface area (Å²) >= 11 is 0. The van der Waals surface area contributed by atoms with Crippen LogP contribution in [-0.2, 0) is 4.74 Å². The summed E-state index contributed by atoms with van der Waals surface area (Å²) in [5, 5.41) is 0. The van der Waals surface area contributed by atoms with Gasteiger partial charge in [0.1, 0.15) is 6.17 Å². The summed E-state index contributed by atoms with van der Waals surface area (Å²) in [7, 11) is 0. The summed E-state index contributed by atoms with van der Waals surface area (Å²) < 4.78 is 17.3. The van der Waals surface area contributed by atoms with Gasteiger partial charge < -0.3 is 4.74 Å². The second-order valence-corrected chi connectivity index (χ2v) is 3.02. The summed E-state index contributed by atoms with van der Waals surface area (Å²) in [4.78, 5) is 0. The highest BCUT2D eigenvalue weighted by Crippen LogP contribution is 2.28. The molecule has 0 aromatic rings. The molecule has 0 N–H and O–H groups in total. The lowest BCUT2D eigenvalue weighted by atomic mass is 10.2. The molecular weight excluding hydrogens is 119 g/mol. The maximum Gasteiger partial charge on any atom is 0.129 e. The molecule has 0 bridgehead atoms. The minimum Gasteiger partial charge on any atom is -0.375 e. The lowest BCUT2D eigenvalue weighted by Gasteiger charge is -2.03. The van der Waals surface area contributed by atoms with Crippen LogP contribution < -0.4 is 0 Å². The van der Waals surface area contributed by atoms with Crippen molar-refractivity contribution >= 4 is 0 Å². The zero-order valence-electron chi connectivity index (χ0n) is 5.93. The molecule has 0 radical (unpaired) electrons. The molecule has 1 aliphatic rings. The van der Waals surface area contributed by atoms with E-state index in [1.807, 2.05) is 0 Å². The molecule has 2 heteroatoms. The maximum absolute atomic E-state index is 12.1. The normalized spacial score (nSPS) is 33.3. The molecule has 1 aliphatic carbocycles. The Labute approximate surface area is 55.2 Å². The minimum absolute atomic E-state index is 0.0626.